The first kappa shape index (κ1) is 16.5. The molecule has 0 radical (unpaired) electrons. The average molecular weight is 328 g/mol. The molecule has 0 atom stereocenters. The molecule has 120 valence electrons. The van der Waals surface area contributed by atoms with Crippen molar-refractivity contribution >= 4 is 11.6 Å². The number of aromatic nitrogens is 3. The Bertz CT molecular complexity index is 731. The maximum Gasteiger partial charge on any atom is 0.346 e. The molecule has 2 aromatic rings. The molecule has 0 saturated carbocycles. The van der Waals surface area contributed by atoms with Crippen LogP contribution < -0.4 is 10.4 Å². The second-order valence-corrected chi connectivity index (χ2v) is 6.39. The van der Waals surface area contributed by atoms with Gasteiger partial charge in [0.1, 0.15) is 24.0 Å². The van der Waals surface area contributed by atoms with E-state index in [1.807, 2.05) is 20.8 Å². The number of hydrogen-bond donors (Lipinski definition) is 0. The fourth-order valence-electron chi connectivity index (χ4n) is 2.03. The van der Waals surface area contributed by atoms with Crippen molar-refractivity contribution in [3.63, 3.8) is 0 Å². The monoisotopic (exact) mass is 327 g/mol. The minimum Gasteiger partial charge on any atom is -0.490 e. The zero-order chi connectivity index (χ0) is 16.5. The highest BCUT2D eigenvalue weighted by atomic mass is 35.5. The van der Waals surface area contributed by atoms with Crippen LogP contribution >= 0.6 is 11.6 Å². The predicted molar refractivity (Wildman–Crippen MR) is 83.1 cm³/mol. The number of benzene rings is 1. The molecule has 22 heavy (non-hydrogen) atoms. The fraction of sp³-hybridized carbons (Fsp3) is 0.467. The van der Waals surface area contributed by atoms with Gasteiger partial charge in [-0.2, -0.15) is 5.10 Å². The van der Waals surface area contributed by atoms with E-state index in [1.54, 1.807) is 11.5 Å². The summed E-state index contributed by atoms with van der Waals surface area (Å²) < 4.78 is 21.5. The van der Waals surface area contributed by atoms with E-state index in [2.05, 4.69) is 5.10 Å². The molecule has 5 nitrogen and oxygen atoms in total. The highest BCUT2D eigenvalue weighted by molar-refractivity contribution is 6.32. The van der Waals surface area contributed by atoms with Crippen molar-refractivity contribution in [3.8, 4) is 5.75 Å². The Morgan fingerprint density at radius 2 is 2.05 bits per heavy atom. The van der Waals surface area contributed by atoms with Gasteiger partial charge in [-0.1, -0.05) is 11.6 Å². The molecule has 0 N–H and O–H groups in total. The van der Waals surface area contributed by atoms with Crippen molar-refractivity contribution in [1.82, 2.24) is 14.3 Å². The summed E-state index contributed by atoms with van der Waals surface area (Å²) in [6.07, 6.45) is 0. The topological polar surface area (TPSA) is 49.0 Å². The number of aryl methyl sites for hydroxylation is 1. The van der Waals surface area contributed by atoms with E-state index >= 15 is 0 Å². The lowest BCUT2D eigenvalue weighted by atomic mass is 10.1. The van der Waals surface area contributed by atoms with Crippen LogP contribution in [-0.4, -0.2) is 21.0 Å². The Balaban J connectivity index is 2.09. The molecule has 0 amide bonds. The Hall–Kier alpha value is -1.82. The average Bonchev–Trinajstić information content (AvgIpc) is 2.68. The minimum absolute atomic E-state index is 0.182. The largest absolute Gasteiger partial charge is 0.490 e. The van der Waals surface area contributed by atoms with Gasteiger partial charge in [0.25, 0.3) is 0 Å². The third-order valence-electron chi connectivity index (χ3n) is 3.15. The Labute approximate surface area is 133 Å². The molecule has 0 spiro atoms. The van der Waals surface area contributed by atoms with Gasteiger partial charge in [0, 0.05) is 0 Å². The summed E-state index contributed by atoms with van der Waals surface area (Å²) in [6.45, 7) is 8.10. The molecule has 1 heterocycles. The van der Waals surface area contributed by atoms with E-state index in [-0.39, 0.29) is 22.9 Å². The first-order chi connectivity index (χ1) is 10.2. The van der Waals surface area contributed by atoms with E-state index in [0.717, 1.165) is 0 Å². The highest BCUT2D eigenvalue weighted by Crippen LogP contribution is 2.24. The third kappa shape index (κ3) is 3.50. The van der Waals surface area contributed by atoms with Crippen molar-refractivity contribution in [3.05, 3.63) is 45.3 Å². The maximum atomic E-state index is 13.0. The minimum atomic E-state index is -0.420. The molecule has 2 rings (SSSR count). The summed E-state index contributed by atoms with van der Waals surface area (Å²) in [7, 11) is 0. The van der Waals surface area contributed by atoms with Crippen LogP contribution in [0.4, 0.5) is 4.39 Å². The van der Waals surface area contributed by atoms with Crippen LogP contribution in [0.2, 0.25) is 5.02 Å². The molecule has 0 aliphatic heterocycles. The molecule has 0 unspecified atom stereocenters. The number of halogens is 2. The van der Waals surface area contributed by atoms with E-state index < -0.39 is 5.82 Å². The van der Waals surface area contributed by atoms with E-state index in [9.17, 15) is 9.18 Å². The fourth-order valence-corrected chi connectivity index (χ4v) is 2.25. The summed E-state index contributed by atoms with van der Waals surface area (Å²) in [4.78, 5) is 12.3. The van der Waals surface area contributed by atoms with Gasteiger partial charge >= 0.3 is 5.69 Å². The molecule has 1 aromatic carbocycles. The van der Waals surface area contributed by atoms with Gasteiger partial charge in [-0.15, -0.1) is 0 Å². The normalized spacial score (nSPS) is 11.7. The first-order valence-corrected chi connectivity index (χ1v) is 7.33. The first-order valence-electron chi connectivity index (χ1n) is 6.95. The summed E-state index contributed by atoms with van der Waals surface area (Å²) in [6, 6.07) is 3.92. The molecule has 7 heteroatoms. The van der Waals surface area contributed by atoms with Crippen LogP contribution in [0, 0.1) is 12.7 Å². The number of rotatable bonds is 4. The van der Waals surface area contributed by atoms with Crippen molar-refractivity contribution < 1.29 is 9.13 Å². The van der Waals surface area contributed by atoms with Gasteiger partial charge in [0.2, 0.25) is 0 Å². The summed E-state index contributed by atoms with van der Waals surface area (Å²) in [5.41, 5.74) is -0.562. The van der Waals surface area contributed by atoms with Crippen LogP contribution in [0.15, 0.2) is 23.0 Å². The molecule has 0 bridgehead atoms. The molecule has 0 fully saturated rings. The molecular weight excluding hydrogens is 309 g/mol. The quantitative estimate of drug-likeness (QED) is 0.867. The Morgan fingerprint density at radius 3 is 2.59 bits per heavy atom. The van der Waals surface area contributed by atoms with Crippen LogP contribution in [0.25, 0.3) is 0 Å². The Morgan fingerprint density at radius 1 is 1.36 bits per heavy atom. The molecule has 0 saturated heterocycles. The number of ether oxygens (including phenoxy) is 1. The predicted octanol–water partition coefficient (Wildman–Crippen LogP) is 2.98. The number of hydrogen-bond acceptors (Lipinski definition) is 3. The van der Waals surface area contributed by atoms with Crippen LogP contribution in [0.5, 0.6) is 5.75 Å². The van der Waals surface area contributed by atoms with Gasteiger partial charge in [-0.25, -0.2) is 13.9 Å². The maximum absolute atomic E-state index is 13.0. The van der Waals surface area contributed by atoms with Crippen molar-refractivity contribution in [2.75, 3.05) is 6.61 Å². The van der Waals surface area contributed by atoms with Gasteiger partial charge in [0.15, 0.2) is 0 Å². The zero-order valence-electron chi connectivity index (χ0n) is 13.1. The van der Waals surface area contributed by atoms with Crippen LogP contribution in [0.3, 0.4) is 0 Å². The second kappa shape index (κ2) is 6.12. The smallest absolute Gasteiger partial charge is 0.346 e. The van der Waals surface area contributed by atoms with E-state index in [1.165, 1.54) is 22.9 Å². The van der Waals surface area contributed by atoms with E-state index in [4.69, 9.17) is 16.3 Å². The molecule has 1 aromatic heterocycles. The highest BCUT2D eigenvalue weighted by Gasteiger charge is 2.20. The lowest BCUT2D eigenvalue weighted by Gasteiger charge is -2.16. The third-order valence-corrected chi connectivity index (χ3v) is 3.44. The lowest BCUT2D eigenvalue weighted by molar-refractivity contribution is 0.291. The molecule has 0 aliphatic carbocycles. The Kier molecular flexibility index (Phi) is 4.60. The van der Waals surface area contributed by atoms with Gasteiger partial charge < -0.3 is 4.74 Å². The van der Waals surface area contributed by atoms with Crippen molar-refractivity contribution in [2.24, 2.45) is 0 Å². The summed E-state index contributed by atoms with van der Waals surface area (Å²) in [5.74, 6) is 0.585. The SMILES string of the molecule is Cc1nn(C(C)(C)C)c(=O)n1CCOc1ccc(F)cc1Cl. The standard InChI is InChI=1S/C15H19ClFN3O2/c1-10-18-20(15(2,3)4)14(21)19(10)7-8-22-13-6-5-11(17)9-12(13)16/h5-6,9H,7-8H2,1-4H3. The van der Waals surface area contributed by atoms with Crippen molar-refractivity contribution in [2.45, 2.75) is 39.8 Å². The summed E-state index contributed by atoms with van der Waals surface area (Å²) in [5, 5.41) is 4.48. The van der Waals surface area contributed by atoms with E-state index in [0.29, 0.717) is 18.1 Å². The second-order valence-electron chi connectivity index (χ2n) is 5.99. The van der Waals surface area contributed by atoms with Crippen LogP contribution in [0.1, 0.15) is 26.6 Å². The summed E-state index contributed by atoms with van der Waals surface area (Å²) >= 11 is 5.89. The zero-order valence-corrected chi connectivity index (χ0v) is 13.8. The van der Waals surface area contributed by atoms with Gasteiger partial charge in [-0.3, -0.25) is 4.57 Å². The number of nitrogens with zero attached hydrogens (tertiary/aromatic N) is 3. The van der Waals surface area contributed by atoms with Crippen LogP contribution in [-0.2, 0) is 12.1 Å². The van der Waals surface area contributed by atoms with Gasteiger partial charge in [-0.05, 0) is 45.9 Å². The molecule has 0 aliphatic rings. The van der Waals surface area contributed by atoms with Crippen molar-refractivity contribution in [1.29, 1.82) is 0 Å². The van der Waals surface area contributed by atoms with Gasteiger partial charge in [0.05, 0.1) is 17.1 Å². The molecular formula is C15H19ClFN3O2. The lowest BCUT2D eigenvalue weighted by Crippen LogP contribution is -2.36.